The standard InChI is InChI=1S/C20H24N2O4S/c1-10-2-7-13-14(9-27-15(13)8-10)18(23)21-22-19(24)16-11-3-5-12(6-4-11)17(16)20(25)26/h3,5,9-12,16-17H,2,4,6-8H2,1H3,(H,21,23)(H,22,24)(H,25,26)/t10-,11+,12-,16+,17-/m0/s1. The smallest absolute Gasteiger partial charge is 0.307 e. The molecule has 5 atom stereocenters. The molecule has 1 aromatic rings. The van der Waals surface area contributed by atoms with Gasteiger partial charge in [-0.05, 0) is 55.4 Å². The Morgan fingerprint density at radius 2 is 1.78 bits per heavy atom. The monoisotopic (exact) mass is 388 g/mol. The summed E-state index contributed by atoms with van der Waals surface area (Å²) in [5.74, 6) is -2.58. The van der Waals surface area contributed by atoms with Gasteiger partial charge in [-0.1, -0.05) is 19.1 Å². The predicted molar refractivity (Wildman–Crippen MR) is 101 cm³/mol. The fourth-order valence-electron chi connectivity index (χ4n) is 4.83. The molecule has 0 aliphatic heterocycles. The zero-order valence-corrected chi connectivity index (χ0v) is 16.1. The maximum absolute atomic E-state index is 12.7. The van der Waals surface area contributed by atoms with E-state index in [2.05, 4.69) is 17.8 Å². The number of carbonyl (C=O) groups is 3. The lowest BCUT2D eigenvalue weighted by Crippen LogP contribution is -2.53. The second kappa shape index (κ2) is 7.11. The van der Waals surface area contributed by atoms with Crippen LogP contribution in [0.4, 0.5) is 0 Å². The van der Waals surface area contributed by atoms with Crippen molar-refractivity contribution in [3.63, 3.8) is 0 Å². The first-order valence-electron chi connectivity index (χ1n) is 9.56. The van der Waals surface area contributed by atoms with E-state index in [-0.39, 0.29) is 17.7 Å². The van der Waals surface area contributed by atoms with Gasteiger partial charge >= 0.3 is 5.97 Å². The van der Waals surface area contributed by atoms with E-state index < -0.39 is 23.7 Å². The Morgan fingerprint density at radius 1 is 1.07 bits per heavy atom. The molecule has 1 fully saturated rings. The lowest BCUT2D eigenvalue weighted by molar-refractivity contribution is -0.153. The molecular formula is C20H24N2O4S. The summed E-state index contributed by atoms with van der Waals surface area (Å²) < 4.78 is 0. The first-order valence-corrected chi connectivity index (χ1v) is 10.4. The average Bonchev–Trinajstić information content (AvgIpc) is 3.08. The molecule has 5 rings (SSSR count). The highest BCUT2D eigenvalue weighted by atomic mass is 32.1. The van der Waals surface area contributed by atoms with Crippen LogP contribution in [-0.4, -0.2) is 22.9 Å². The van der Waals surface area contributed by atoms with Gasteiger partial charge in [-0.2, -0.15) is 0 Å². The molecule has 27 heavy (non-hydrogen) atoms. The summed E-state index contributed by atoms with van der Waals surface area (Å²) >= 11 is 1.60. The topological polar surface area (TPSA) is 95.5 Å². The van der Waals surface area contributed by atoms with Gasteiger partial charge in [0.2, 0.25) is 5.91 Å². The van der Waals surface area contributed by atoms with Crippen molar-refractivity contribution < 1.29 is 19.5 Å². The van der Waals surface area contributed by atoms with Crippen LogP contribution in [0.15, 0.2) is 17.5 Å². The van der Waals surface area contributed by atoms with Crippen LogP contribution >= 0.6 is 11.3 Å². The minimum atomic E-state index is -0.943. The molecular weight excluding hydrogens is 364 g/mol. The van der Waals surface area contributed by atoms with Crippen LogP contribution in [0.5, 0.6) is 0 Å². The summed E-state index contributed by atoms with van der Waals surface area (Å²) in [5, 5.41) is 11.4. The van der Waals surface area contributed by atoms with Gasteiger partial charge in [-0.3, -0.25) is 25.2 Å². The molecule has 1 saturated carbocycles. The fourth-order valence-corrected chi connectivity index (χ4v) is 6.07. The predicted octanol–water partition coefficient (Wildman–Crippen LogP) is 2.55. The van der Waals surface area contributed by atoms with Crippen molar-refractivity contribution in [2.75, 3.05) is 0 Å². The van der Waals surface area contributed by atoms with Gasteiger partial charge in [-0.15, -0.1) is 11.3 Å². The van der Waals surface area contributed by atoms with E-state index in [1.54, 1.807) is 11.3 Å². The number of hydrazine groups is 1. The third-order valence-electron chi connectivity index (χ3n) is 6.28. The number of fused-ring (bicyclic) bond motifs is 3. The minimum absolute atomic E-state index is 0.0802. The summed E-state index contributed by atoms with van der Waals surface area (Å²) in [5.41, 5.74) is 6.73. The third kappa shape index (κ3) is 3.29. The van der Waals surface area contributed by atoms with Gasteiger partial charge in [0.25, 0.3) is 5.91 Å². The van der Waals surface area contributed by atoms with E-state index in [0.29, 0.717) is 11.5 Å². The molecule has 0 radical (unpaired) electrons. The van der Waals surface area contributed by atoms with E-state index in [1.165, 1.54) is 4.88 Å². The quantitative estimate of drug-likeness (QED) is 0.548. The molecule has 7 heteroatoms. The zero-order chi connectivity index (χ0) is 19.1. The Hall–Kier alpha value is -2.15. The van der Waals surface area contributed by atoms with Crippen molar-refractivity contribution in [3.8, 4) is 0 Å². The number of carbonyl (C=O) groups excluding carboxylic acids is 2. The number of amides is 2. The van der Waals surface area contributed by atoms with Gasteiger partial charge in [0.15, 0.2) is 0 Å². The number of hydrogen-bond acceptors (Lipinski definition) is 4. The van der Waals surface area contributed by atoms with Crippen LogP contribution in [0.25, 0.3) is 0 Å². The van der Waals surface area contributed by atoms with E-state index in [9.17, 15) is 19.5 Å². The summed E-state index contributed by atoms with van der Waals surface area (Å²) in [6.07, 6.45) is 8.44. The zero-order valence-electron chi connectivity index (χ0n) is 15.2. The third-order valence-corrected chi connectivity index (χ3v) is 7.33. The molecule has 0 aromatic carbocycles. The number of nitrogens with one attached hydrogen (secondary N) is 2. The van der Waals surface area contributed by atoms with Crippen LogP contribution in [0.1, 0.15) is 47.0 Å². The molecule has 1 heterocycles. The molecule has 6 nitrogen and oxygen atoms in total. The van der Waals surface area contributed by atoms with Crippen molar-refractivity contribution in [1.82, 2.24) is 10.9 Å². The summed E-state index contributed by atoms with van der Waals surface area (Å²) in [6, 6.07) is 0. The summed E-state index contributed by atoms with van der Waals surface area (Å²) in [6.45, 7) is 2.22. The number of rotatable bonds is 3. The number of carboxylic acids is 1. The Labute approximate surface area is 162 Å². The molecule has 0 spiro atoms. The average molecular weight is 388 g/mol. The fraction of sp³-hybridized carbons (Fsp3) is 0.550. The Balaban J connectivity index is 1.43. The number of thiophene rings is 1. The van der Waals surface area contributed by atoms with Crippen LogP contribution in [0, 0.1) is 29.6 Å². The Morgan fingerprint density at radius 3 is 2.44 bits per heavy atom. The second-order valence-electron chi connectivity index (χ2n) is 8.02. The van der Waals surface area contributed by atoms with Crippen LogP contribution in [0.2, 0.25) is 0 Å². The van der Waals surface area contributed by atoms with Gasteiger partial charge in [0.05, 0.1) is 17.4 Å². The van der Waals surface area contributed by atoms with E-state index in [4.69, 9.17) is 0 Å². The largest absolute Gasteiger partial charge is 0.481 e. The summed E-state index contributed by atoms with van der Waals surface area (Å²) in [7, 11) is 0. The Kier molecular flexibility index (Phi) is 4.80. The van der Waals surface area contributed by atoms with Crippen molar-refractivity contribution in [2.24, 2.45) is 29.6 Å². The molecule has 3 N–H and O–H groups in total. The number of carboxylic acid groups (broad SMARTS) is 1. The van der Waals surface area contributed by atoms with Gasteiger partial charge < -0.3 is 5.11 Å². The van der Waals surface area contributed by atoms with Crippen molar-refractivity contribution in [1.29, 1.82) is 0 Å². The lowest BCUT2D eigenvalue weighted by atomic mass is 9.62. The molecule has 0 saturated heterocycles. The van der Waals surface area contributed by atoms with E-state index in [1.807, 2.05) is 17.5 Å². The summed E-state index contributed by atoms with van der Waals surface area (Å²) in [4.78, 5) is 38.2. The molecule has 144 valence electrons. The SMILES string of the molecule is C[C@H]1CCc2c(C(=O)NNC(=O)[C@H]3[C@@H](C(=O)O)[C@H]4C=C[C@@H]3CC4)csc2C1. The number of hydrogen-bond donors (Lipinski definition) is 3. The van der Waals surface area contributed by atoms with Crippen molar-refractivity contribution >= 4 is 29.1 Å². The minimum Gasteiger partial charge on any atom is -0.481 e. The van der Waals surface area contributed by atoms with Gasteiger partial charge in [0.1, 0.15) is 0 Å². The molecule has 2 bridgehead atoms. The molecule has 4 aliphatic carbocycles. The maximum Gasteiger partial charge on any atom is 0.307 e. The highest BCUT2D eigenvalue weighted by molar-refractivity contribution is 7.10. The van der Waals surface area contributed by atoms with E-state index >= 15 is 0 Å². The Bertz CT molecular complexity index is 815. The first-order chi connectivity index (χ1) is 13.0. The molecule has 1 aromatic heterocycles. The van der Waals surface area contributed by atoms with Crippen molar-refractivity contribution in [3.05, 3.63) is 33.5 Å². The second-order valence-corrected chi connectivity index (χ2v) is 8.99. The normalized spacial score (nSPS) is 31.2. The van der Waals surface area contributed by atoms with Gasteiger partial charge in [-0.25, -0.2) is 0 Å². The highest BCUT2D eigenvalue weighted by Crippen LogP contribution is 2.45. The van der Waals surface area contributed by atoms with Crippen molar-refractivity contribution in [2.45, 2.75) is 39.0 Å². The lowest BCUT2D eigenvalue weighted by Gasteiger charge is -2.41. The van der Waals surface area contributed by atoms with Crippen LogP contribution < -0.4 is 10.9 Å². The molecule has 0 unspecified atom stereocenters. The first kappa shape index (κ1) is 18.2. The van der Waals surface area contributed by atoms with E-state index in [0.717, 1.165) is 37.7 Å². The molecule has 4 aliphatic rings. The highest BCUT2D eigenvalue weighted by Gasteiger charge is 2.48. The van der Waals surface area contributed by atoms with Gasteiger partial charge in [0, 0.05) is 10.3 Å². The maximum atomic E-state index is 12.7. The number of allylic oxidation sites excluding steroid dienone is 2. The number of aliphatic carboxylic acids is 1. The van der Waals surface area contributed by atoms with Crippen LogP contribution in [0.3, 0.4) is 0 Å². The van der Waals surface area contributed by atoms with Crippen LogP contribution in [-0.2, 0) is 22.4 Å². The molecule has 2 amide bonds.